The number of nitrogens with zero attached hydrogens (tertiary/aromatic N) is 1. The van der Waals surface area contributed by atoms with E-state index >= 15 is 0 Å². The van der Waals surface area contributed by atoms with Gasteiger partial charge in [-0.05, 0) is 24.3 Å². The Labute approximate surface area is 109 Å². The molecule has 0 saturated carbocycles. The fraction of sp³-hybridized carbons (Fsp3) is 0.250. The second kappa shape index (κ2) is 6.42. The lowest BCUT2D eigenvalue weighted by molar-refractivity contribution is 0.313. The Kier molecular flexibility index (Phi) is 4.58. The Morgan fingerprint density at radius 3 is 3.06 bits per heavy atom. The van der Waals surface area contributed by atoms with E-state index in [1.54, 1.807) is 6.20 Å². The number of ether oxygens (including phenoxy) is 1. The fourth-order valence-electron chi connectivity index (χ4n) is 1.40. The number of benzene rings is 1. The van der Waals surface area contributed by atoms with Crippen molar-refractivity contribution in [3.05, 3.63) is 46.7 Å². The zero-order valence-corrected chi connectivity index (χ0v) is 10.9. The molecule has 2 aromatic rings. The molecule has 0 saturated heterocycles. The summed E-state index contributed by atoms with van der Waals surface area (Å²) in [6, 6.07) is 9.78. The second-order valence-corrected chi connectivity index (χ2v) is 4.48. The molecule has 0 radical (unpaired) electrons. The Bertz CT molecular complexity index is 445. The zero-order chi connectivity index (χ0) is 11.9. The maximum absolute atomic E-state index is 5.59. The van der Waals surface area contributed by atoms with Gasteiger partial charge in [-0.2, -0.15) is 5.10 Å². The van der Waals surface area contributed by atoms with Crippen LogP contribution in [0.15, 0.2) is 41.0 Å². The number of rotatable bonds is 6. The van der Waals surface area contributed by atoms with Gasteiger partial charge in [0.2, 0.25) is 0 Å². The predicted molar refractivity (Wildman–Crippen MR) is 69.9 cm³/mol. The molecule has 5 heteroatoms. The maximum atomic E-state index is 5.59. The van der Waals surface area contributed by atoms with Crippen LogP contribution < -0.4 is 10.1 Å². The van der Waals surface area contributed by atoms with Gasteiger partial charge in [-0.1, -0.05) is 22.0 Å². The van der Waals surface area contributed by atoms with E-state index in [0.29, 0.717) is 6.61 Å². The van der Waals surface area contributed by atoms with Crippen molar-refractivity contribution in [3.8, 4) is 5.75 Å². The molecule has 0 amide bonds. The molecule has 1 aromatic carbocycles. The third-order valence-corrected chi connectivity index (χ3v) is 2.71. The third-order valence-electron chi connectivity index (χ3n) is 2.22. The van der Waals surface area contributed by atoms with E-state index in [0.717, 1.165) is 29.0 Å². The first kappa shape index (κ1) is 12.1. The van der Waals surface area contributed by atoms with Crippen molar-refractivity contribution in [3.63, 3.8) is 0 Å². The topological polar surface area (TPSA) is 49.9 Å². The molecule has 0 bridgehead atoms. The molecule has 0 atom stereocenters. The van der Waals surface area contributed by atoms with E-state index < -0.39 is 0 Å². The van der Waals surface area contributed by atoms with Gasteiger partial charge in [0, 0.05) is 29.5 Å². The van der Waals surface area contributed by atoms with E-state index in [1.165, 1.54) is 0 Å². The first-order chi connectivity index (χ1) is 8.34. The van der Waals surface area contributed by atoms with E-state index in [2.05, 4.69) is 31.4 Å². The number of aromatic amines is 1. The minimum absolute atomic E-state index is 0.643. The molecule has 1 heterocycles. The predicted octanol–water partition coefficient (Wildman–Crippen LogP) is 2.34. The molecular weight excluding hydrogens is 282 g/mol. The van der Waals surface area contributed by atoms with Crippen molar-refractivity contribution < 1.29 is 4.74 Å². The van der Waals surface area contributed by atoms with Crippen LogP contribution in [0.2, 0.25) is 0 Å². The molecule has 1 aromatic heterocycles. The largest absolute Gasteiger partial charge is 0.492 e. The van der Waals surface area contributed by atoms with Crippen molar-refractivity contribution in [2.75, 3.05) is 13.2 Å². The number of halogens is 1. The normalized spacial score (nSPS) is 10.4. The quantitative estimate of drug-likeness (QED) is 0.804. The van der Waals surface area contributed by atoms with Gasteiger partial charge >= 0.3 is 0 Å². The minimum Gasteiger partial charge on any atom is -0.492 e. The van der Waals surface area contributed by atoms with Gasteiger partial charge < -0.3 is 10.1 Å². The zero-order valence-electron chi connectivity index (χ0n) is 9.32. The van der Waals surface area contributed by atoms with E-state index in [1.807, 2.05) is 30.3 Å². The van der Waals surface area contributed by atoms with Crippen molar-refractivity contribution in [2.24, 2.45) is 0 Å². The monoisotopic (exact) mass is 295 g/mol. The number of hydrogen-bond acceptors (Lipinski definition) is 3. The maximum Gasteiger partial charge on any atom is 0.120 e. The molecule has 17 heavy (non-hydrogen) atoms. The van der Waals surface area contributed by atoms with Crippen LogP contribution in [0.4, 0.5) is 0 Å². The van der Waals surface area contributed by atoms with Gasteiger partial charge in [0.15, 0.2) is 0 Å². The van der Waals surface area contributed by atoms with Gasteiger partial charge in [-0.3, -0.25) is 5.10 Å². The summed E-state index contributed by atoms with van der Waals surface area (Å²) in [5, 5.41) is 10.0. The summed E-state index contributed by atoms with van der Waals surface area (Å²) in [6.07, 6.45) is 1.75. The molecule has 0 aliphatic rings. The number of aromatic nitrogens is 2. The highest BCUT2D eigenvalue weighted by Crippen LogP contribution is 2.17. The van der Waals surface area contributed by atoms with Gasteiger partial charge in [0.25, 0.3) is 0 Å². The number of hydrogen-bond donors (Lipinski definition) is 2. The summed E-state index contributed by atoms with van der Waals surface area (Å²) in [5.41, 5.74) is 1.08. The third kappa shape index (κ3) is 4.20. The van der Waals surface area contributed by atoms with Crippen LogP contribution in [0.1, 0.15) is 5.69 Å². The highest BCUT2D eigenvalue weighted by atomic mass is 79.9. The van der Waals surface area contributed by atoms with Crippen LogP contribution in [-0.2, 0) is 6.54 Å². The number of H-pyrrole nitrogens is 1. The molecule has 0 aliphatic heterocycles. The van der Waals surface area contributed by atoms with Gasteiger partial charge in [0.05, 0.1) is 0 Å². The molecule has 0 spiro atoms. The highest BCUT2D eigenvalue weighted by Gasteiger charge is 1.95. The molecular formula is C12H14BrN3O. The van der Waals surface area contributed by atoms with Crippen LogP contribution >= 0.6 is 15.9 Å². The summed E-state index contributed by atoms with van der Waals surface area (Å²) in [4.78, 5) is 0. The average molecular weight is 296 g/mol. The standard InChI is InChI=1S/C12H14BrN3O/c13-10-2-1-3-12(8-10)17-7-6-14-9-11-4-5-15-16-11/h1-5,8,14H,6-7,9H2,(H,15,16). The molecule has 2 N–H and O–H groups in total. The lowest BCUT2D eigenvalue weighted by atomic mass is 10.3. The van der Waals surface area contributed by atoms with E-state index in [9.17, 15) is 0 Å². The van der Waals surface area contributed by atoms with E-state index in [-0.39, 0.29) is 0 Å². The van der Waals surface area contributed by atoms with Crippen LogP contribution in [-0.4, -0.2) is 23.3 Å². The van der Waals surface area contributed by atoms with Crippen molar-refractivity contribution in [1.82, 2.24) is 15.5 Å². The van der Waals surface area contributed by atoms with Gasteiger partial charge in [0.1, 0.15) is 12.4 Å². The van der Waals surface area contributed by atoms with Crippen LogP contribution in [0.25, 0.3) is 0 Å². The summed E-state index contributed by atoms with van der Waals surface area (Å²) in [5.74, 6) is 0.878. The molecule has 0 fully saturated rings. The minimum atomic E-state index is 0.643. The number of nitrogens with one attached hydrogen (secondary N) is 2. The second-order valence-electron chi connectivity index (χ2n) is 3.56. The van der Waals surface area contributed by atoms with Crippen molar-refractivity contribution in [1.29, 1.82) is 0 Å². The first-order valence-corrected chi connectivity index (χ1v) is 6.21. The molecule has 90 valence electrons. The van der Waals surface area contributed by atoms with E-state index in [4.69, 9.17) is 4.74 Å². The SMILES string of the molecule is Brc1cccc(OCCNCc2ccn[nH]2)c1. The van der Waals surface area contributed by atoms with Crippen LogP contribution in [0.3, 0.4) is 0 Å². The summed E-state index contributed by atoms with van der Waals surface area (Å²) >= 11 is 3.40. The van der Waals surface area contributed by atoms with Gasteiger partial charge in [-0.25, -0.2) is 0 Å². The summed E-state index contributed by atoms with van der Waals surface area (Å²) in [7, 11) is 0. The lowest BCUT2D eigenvalue weighted by Crippen LogP contribution is -2.20. The molecule has 0 aliphatic carbocycles. The first-order valence-electron chi connectivity index (χ1n) is 5.42. The smallest absolute Gasteiger partial charge is 0.120 e. The molecule has 2 rings (SSSR count). The van der Waals surface area contributed by atoms with Crippen LogP contribution in [0.5, 0.6) is 5.75 Å². The van der Waals surface area contributed by atoms with Crippen LogP contribution in [0, 0.1) is 0 Å². The Morgan fingerprint density at radius 1 is 1.35 bits per heavy atom. The highest BCUT2D eigenvalue weighted by molar-refractivity contribution is 9.10. The Hall–Kier alpha value is -1.33. The van der Waals surface area contributed by atoms with Crippen molar-refractivity contribution in [2.45, 2.75) is 6.54 Å². The molecule has 4 nitrogen and oxygen atoms in total. The lowest BCUT2D eigenvalue weighted by Gasteiger charge is -2.07. The average Bonchev–Trinajstić information content (AvgIpc) is 2.82. The van der Waals surface area contributed by atoms with Crippen molar-refractivity contribution >= 4 is 15.9 Å². The molecule has 0 unspecified atom stereocenters. The Balaban J connectivity index is 1.63. The fourth-order valence-corrected chi connectivity index (χ4v) is 1.78. The van der Waals surface area contributed by atoms with Gasteiger partial charge in [-0.15, -0.1) is 0 Å². The summed E-state index contributed by atoms with van der Waals surface area (Å²) in [6.45, 7) is 2.22. The summed E-state index contributed by atoms with van der Waals surface area (Å²) < 4.78 is 6.62. The Morgan fingerprint density at radius 2 is 2.29 bits per heavy atom.